The molecule has 39 heavy (non-hydrogen) atoms. The molecule has 0 spiro atoms. The highest BCUT2D eigenvalue weighted by molar-refractivity contribution is 7.93. The second-order valence-corrected chi connectivity index (χ2v) is 12.0. The van der Waals surface area contributed by atoms with Crippen molar-refractivity contribution in [3.8, 4) is 5.75 Å². The van der Waals surface area contributed by atoms with E-state index in [4.69, 9.17) is 27.9 Å². The summed E-state index contributed by atoms with van der Waals surface area (Å²) in [5.74, 6) is 0.105. The number of fused-ring (bicyclic) bond motifs is 1. The van der Waals surface area contributed by atoms with Crippen LogP contribution < -0.4 is 9.46 Å². The van der Waals surface area contributed by atoms with Gasteiger partial charge in [-0.2, -0.15) is 0 Å². The first kappa shape index (κ1) is 27.5. The summed E-state index contributed by atoms with van der Waals surface area (Å²) >= 11 is 12.7. The van der Waals surface area contributed by atoms with Gasteiger partial charge in [-0.3, -0.25) is 19.4 Å². The van der Waals surface area contributed by atoms with Crippen molar-refractivity contribution < 1.29 is 17.9 Å². The maximum absolute atomic E-state index is 13.3. The van der Waals surface area contributed by atoms with E-state index in [9.17, 15) is 13.2 Å². The lowest BCUT2D eigenvalue weighted by molar-refractivity contribution is 0.0646. The largest absolute Gasteiger partial charge is 0.495 e. The monoisotopic (exact) mass is 586 g/mol. The minimum atomic E-state index is -3.97. The average molecular weight is 588 g/mol. The fourth-order valence-corrected chi connectivity index (χ4v) is 6.49. The van der Waals surface area contributed by atoms with Gasteiger partial charge in [-0.25, -0.2) is 8.42 Å². The molecule has 2 aromatic carbocycles. The number of ether oxygens (including phenoxy) is 1. The number of hydrogen-bond donors (Lipinski definition) is 1. The summed E-state index contributed by atoms with van der Waals surface area (Å²) in [6, 6.07) is 13.2. The van der Waals surface area contributed by atoms with Crippen LogP contribution in [0.4, 0.5) is 5.69 Å². The summed E-state index contributed by atoms with van der Waals surface area (Å²) in [7, 11) is -2.54. The number of halogens is 2. The predicted molar refractivity (Wildman–Crippen MR) is 154 cm³/mol. The van der Waals surface area contributed by atoms with Crippen LogP contribution in [0.2, 0.25) is 0 Å². The fourth-order valence-electron chi connectivity index (χ4n) is 4.77. The quantitative estimate of drug-likeness (QED) is 0.409. The van der Waals surface area contributed by atoms with E-state index in [1.54, 1.807) is 53.6 Å². The number of nitrogens with zero attached hydrogens (tertiary/aromatic N) is 3. The molecule has 5 rings (SSSR count). The van der Waals surface area contributed by atoms with Crippen LogP contribution in [-0.2, 0) is 10.0 Å². The van der Waals surface area contributed by atoms with Gasteiger partial charge in [0.05, 0.1) is 29.1 Å². The van der Waals surface area contributed by atoms with Gasteiger partial charge >= 0.3 is 0 Å². The van der Waals surface area contributed by atoms with Gasteiger partial charge in [-0.15, -0.1) is 23.2 Å². The van der Waals surface area contributed by atoms with Gasteiger partial charge in [0, 0.05) is 49.9 Å². The SMILES string of the molecule is COc1cc(C(=O)N2CCN(CC3=CC=CC(Cl)C3Cl)CC2)ccc1NS(=O)(=O)c1cccc2cccnc12. The number of benzene rings is 2. The number of aromatic nitrogens is 1. The lowest BCUT2D eigenvalue weighted by atomic mass is 10.0. The Hall–Kier alpha value is -3.11. The van der Waals surface area contributed by atoms with Gasteiger partial charge in [0.2, 0.25) is 0 Å². The Labute approximate surface area is 237 Å². The molecule has 204 valence electrons. The highest BCUT2D eigenvalue weighted by Crippen LogP contribution is 2.31. The minimum absolute atomic E-state index is 0.0581. The number of piperazine rings is 1. The van der Waals surface area contributed by atoms with Gasteiger partial charge in [0.15, 0.2) is 0 Å². The number of anilines is 1. The third kappa shape index (κ3) is 5.91. The Kier molecular flexibility index (Phi) is 8.13. The van der Waals surface area contributed by atoms with E-state index in [0.29, 0.717) is 49.2 Å². The normalized spacial score (nSPS) is 20.1. The molecule has 1 aliphatic heterocycles. The molecule has 1 aromatic heterocycles. The number of hydrogen-bond acceptors (Lipinski definition) is 6. The molecule has 1 saturated heterocycles. The number of carbonyl (C=O) groups is 1. The maximum atomic E-state index is 13.3. The lowest BCUT2D eigenvalue weighted by Crippen LogP contribution is -2.49. The third-order valence-electron chi connectivity index (χ3n) is 6.88. The van der Waals surface area contributed by atoms with Crippen LogP contribution >= 0.6 is 23.2 Å². The molecular formula is C28H28Cl2N4O4S. The molecule has 1 fully saturated rings. The number of rotatable bonds is 7. The van der Waals surface area contributed by atoms with E-state index in [2.05, 4.69) is 14.6 Å². The van der Waals surface area contributed by atoms with Crippen LogP contribution in [0.15, 0.2) is 83.4 Å². The van der Waals surface area contributed by atoms with E-state index in [1.165, 1.54) is 13.2 Å². The van der Waals surface area contributed by atoms with E-state index >= 15 is 0 Å². The molecule has 8 nitrogen and oxygen atoms in total. The standard InChI is InChI=1S/C28H28Cl2N4O4S/c1-38-24-17-20(28(35)34-15-13-33(14-16-34)18-21-6-2-8-22(29)26(21)30)10-11-23(24)32-39(36,37)25-9-3-5-19-7-4-12-31-27(19)25/h2-12,17,22,26,32H,13-16,18H2,1H3. The highest BCUT2D eigenvalue weighted by Gasteiger charge is 2.27. The second kappa shape index (κ2) is 11.6. The lowest BCUT2D eigenvalue weighted by Gasteiger charge is -2.36. The summed E-state index contributed by atoms with van der Waals surface area (Å²) < 4.78 is 34.5. The van der Waals surface area contributed by atoms with E-state index < -0.39 is 10.0 Å². The maximum Gasteiger partial charge on any atom is 0.264 e. The van der Waals surface area contributed by atoms with Gasteiger partial charge in [-0.05, 0) is 35.9 Å². The topological polar surface area (TPSA) is 91.8 Å². The van der Waals surface area contributed by atoms with Crippen LogP contribution in [0.1, 0.15) is 10.4 Å². The Morgan fingerprint density at radius 1 is 1.10 bits per heavy atom. The smallest absolute Gasteiger partial charge is 0.264 e. The average Bonchev–Trinajstić information content (AvgIpc) is 2.95. The first-order chi connectivity index (χ1) is 18.8. The van der Waals surface area contributed by atoms with Crippen molar-refractivity contribution in [2.45, 2.75) is 15.6 Å². The Morgan fingerprint density at radius 2 is 1.87 bits per heavy atom. The molecule has 2 heterocycles. The molecule has 1 amide bonds. The van der Waals surface area contributed by atoms with Crippen molar-refractivity contribution in [1.82, 2.24) is 14.8 Å². The van der Waals surface area contributed by atoms with Crippen molar-refractivity contribution in [1.29, 1.82) is 0 Å². The van der Waals surface area contributed by atoms with Crippen molar-refractivity contribution in [2.75, 3.05) is 44.6 Å². The van der Waals surface area contributed by atoms with Crippen molar-refractivity contribution in [3.63, 3.8) is 0 Å². The zero-order valence-electron chi connectivity index (χ0n) is 21.3. The van der Waals surface area contributed by atoms with Crippen LogP contribution in [0.5, 0.6) is 5.75 Å². The zero-order valence-corrected chi connectivity index (χ0v) is 23.6. The first-order valence-corrected chi connectivity index (χ1v) is 14.8. The van der Waals surface area contributed by atoms with Crippen molar-refractivity contribution in [3.05, 3.63) is 84.1 Å². The Bertz CT molecular complexity index is 1550. The predicted octanol–water partition coefficient (Wildman–Crippen LogP) is 4.51. The molecular weight excluding hydrogens is 559 g/mol. The van der Waals surface area contributed by atoms with Crippen molar-refractivity contribution in [2.24, 2.45) is 0 Å². The van der Waals surface area contributed by atoms with Crippen molar-refractivity contribution >= 4 is 55.7 Å². The fraction of sp³-hybridized carbons (Fsp3) is 0.286. The molecule has 0 saturated carbocycles. The summed E-state index contributed by atoms with van der Waals surface area (Å²) in [5, 5.41) is 0.253. The van der Waals surface area contributed by atoms with Crippen LogP contribution in [0.25, 0.3) is 10.9 Å². The number of amides is 1. The molecule has 3 aromatic rings. The van der Waals surface area contributed by atoms with Gasteiger partial charge in [0.25, 0.3) is 15.9 Å². The molecule has 1 aliphatic carbocycles. The molecule has 0 bridgehead atoms. The van der Waals surface area contributed by atoms with E-state index in [0.717, 1.165) is 5.57 Å². The van der Waals surface area contributed by atoms with Crippen LogP contribution in [-0.4, -0.2) is 79.7 Å². The van der Waals surface area contributed by atoms with E-state index in [-0.39, 0.29) is 33.0 Å². The Balaban J connectivity index is 1.27. The summed E-state index contributed by atoms with van der Waals surface area (Å²) in [6.07, 6.45) is 7.37. The molecule has 2 unspecified atom stereocenters. The third-order valence-corrected chi connectivity index (χ3v) is 9.36. The van der Waals surface area contributed by atoms with Gasteiger partial charge in [-0.1, -0.05) is 36.4 Å². The molecule has 1 N–H and O–H groups in total. The number of carbonyl (C=O) groups excluding carboxylic acids is 1. The van der Waals surface area contributed by atoms with Gasteiger partial charge in [0.1, 0.15) is 10.6 Å². The number of nitrogens with one attached hydrogen (secondary N) is 1. The van der Waals surface area contributed by atoms with Crippen LogP contribution in [0, 0.1) is 0 Å². The minimum Gasteiger partial charge on any atom is -0.495 e. The number of alkyl halides is 2. The summed E-state index contributed by atoms with van der Waals surface area (Å²) in [4.78, 5) is 21.6. The first-order valence-electron chi connectivity index (χ1n) is 12.5. The van der Waals surface area contributed by atoms with E-state index in [1.807, 2.05) is 18.2 Å². The molecule has 2 aliphatic rings. The van der Waals surface area contributed by atoms with Gasteiger partial charge < -0.3 is 9.64 Å². The zero-order chi connectivity index (χ0) is 27.6. The summed E-state index contributed by atoms with van der Waals surface area (Å²) in [6.45, 7) is 3.24. The Morgan fingerprint density at radius 3 is 2.64 bits per heavy atom. The second-order valence-electron chi connectivity index (χ2n) is 9.39. The van der Waals surface area contributed by atoms with Crippen LogP contribution in [0.3, 0.4) is 0 Å². The highest BCUT2D eigenvalue weighted by atomic mass is 35.5. The number of allylic oxidation sites excluding steroid dienone is 3. The molecule has 0 radical (unpaired) electrons. The molecule has 2 atom stereocenters. The number of pyridine rings is 1. The number of methoxy groups -OCH3 is 1. The number of para-hydroxylation sites is 1. The molecule has 11 heteroatoms. The summed E-state index contributed by atoms with van der Waals surface area (Å²) in [5.41, 5.74) is 2.09. The number of sulfonamides is 1.